The van der Waals surface area contributed by atoms with Crippen LogP contribution in [0.15, 0.2) is 41.4 Å². The molecule has 0 unspecified atom stereocenters. The van der Waals surface area contributed by atoms with E-state index in [1.165, 1.54) is 11.3 Å². The van der Waals surface area contributed by atoms with Gasteiger partial charge in [0.05, 0.1) is 5.56 Å². The van der Waals surface area contributed by atoms with E-state index < -0.39 is 0 Å². The summed E-state index contributed by atoms with van der Waals surface area (Å²) in [5.41, 5.74) is 1.45. The minimum Gasteiger partial charge on any atom is -0.322 e. The number of hydrogen-bond donors (Lipinski definition) is 1. The third-order valence-electron chi connectivity index (χ3n) is 1.72. The van der Waals surface area contributed by atoms with E-state index in [-0.39, 0.29) is 5.91 Å². The highest BCUT2D eigenvalue weighted by Crippen LogP contribution is 2.10. The van der Waals surface area contributed by atoms with Crippen LogP contribution in [0, 0.1) is 0 Å². The number of hydrogen-bond acceptors (Lipinski definition) is 3. The first-order chi connectivity index (χ1) is 6.86. The van der Waals surface area contributed by atoms with Gasteiger partial charge in [0.15, 0.2) is 0 Å². The molecule has 0 aliphatic heterocycles. The van der Waals surface area contributed by atoms with Gasteiger partial charge >= 0.3 is 0 Å². The van der Waals surface area contributed by atoms with E-state index in [1.54, 1.807) is 30.6 Å². The molecule has 0 radical (unpaired) electrons. The molecule has 2 aromatic heterocycles. The zero-order valence-electron chi connectivity index (χ0n) is 7.31. The fourth-order valence-electron chi connectivity index (χ4n) is 1.03. The van der Waals surface area contributed by atoms with Gasteiger partial charge in [-0.05, 0) is 23.6 Å². The number of nitrogens with one attached hydrogen (secondary N) is 1. The number of nitrogens with zero attached hydrogens (tertiary/aromatic N) is 1. The first kappa shape index (κ1) is 8.90. The quantitative estimate of drug-likeness (QED) is 0.816. The summed E-state index contributed by atoms with van der Waals surface area (Å²) in [6.45, 7) is 0. The number of thiophene rings is 1. The molecule has 0 aliphatic rings. The van der Waals surface area contributed by atoms with E-state index >= 15 is 0 Å². The van der Waals surface area contributed by atoms with Crippen LogP contribution in [0.25, 0.3) is 0 Å². The molecule has 1 amide bonds. The van der Waals surface area contributed by atoms with Crippen LogP contribution >= 0.6 is 11.3 Å². The van der Waals surface area contributed by atoms with Gasteiger partial charge in [-0.3, -0.25) is 9.78 Å². The Morgan fingerprint density at radius 1 is 1.29 bits per heavy atom. The van der Waals surface area contributed by atoms with E-state index in [4.69, 9.17) is 0 Å². The molecule has 14 heavy (non-hydrogen) atoms. The number of aromatic nitrogens is 1. The van der Waals surface area contributed by atoms with E-state index in [2.05, 4.69) is 10.3 Å². The highest BCUT2D eigenvalue weighted by atomic mass is 32.1. The van der Waals surface area contributed by atoms with Gasteiger partial charge in [0.25, 0.3) is 5.91 Å². The Morgan fingerprint density at radius 2 is 2.07 bits per heavy atom. The van der Waals surface area contributed by atoms with Crippen molar-refractivity contribution in [2.75, 3.05) is 5.32 Å². The summed E-state index contributed by atoms with van der Waals surface area (Å²) in [4.78, 5) is 15.4. The molecule has 4 heteroatoms. The van der Waals surface area contributed by atoms with Crippen molar-refractivity contribution in [3.05, 3.63) is 46.9 Å². The van der Waals surface area contributed by atoms with Crippen molar-refractivity contribution in [3.63, 3.8) is 0 Å². The molecule has 70 valence electrons. The molecular formula is C10H8N2OS. The van der Waals surface area contributed by atoms with Gasteiger partial charge in [-0.15, -0.1) is 0 Å². The Labute approximate surface area is 85.4 Å². The van der Waals surface area contributed by atoms with Gasteiger partial charge in [0, 0.05) is 23.5 Å². The van der Waals surface area contributed by atoms with Gasteiger partial charge in [-0.25, -0.2) is 0 Å². The molecule has 1 N–H and O–H groups in total. The van der Waals surface area contributed by atoms with Crippen molar-refractivity contribution >= 4 is 22.9 Å². The maximum absolute atomic E-state index is 11.6. The van der Waals surface area contributed by atoms with Crippen LogP contribution in [-0.2, 0) is 0 Å². The van der Waals surface area contributed by atoms with E-state index in [0.717, 1.165) is 5.69 Å². The van der Waals surface area contributed by atoms with Gasteiger partial charge in [0.1, 0.15) is 0 Å². The van der Waals surface area contributed by atoms with E-state index in [0.29, 0.717) is 5.56 Å². The normalized spacial score (nSPS) is 9.71. The molecule has 0 aliphatic carbocycles. The predicted octanol–water partition coefficient (Wildman–Crippen LogP) is 2.40. The van der Waals surface area contributed by atoms with Crippen LogP contribution < -0.4 is 5.32 Å². The fraction of sp³-hybridized carbons (Fsp3) is 0. The second kappa shape index (κ2) is 4.02. The van der Waals surface area contributed by atoms with Crippen molar-refractivity contribution in [3.8, 4) is 0 Å². The summed E-state index contributed by atoms with van der Waals surface area (Å²) in [6.07, 6.45) is 3.28. The van der Waals surface area contributed by atoms with Crippen molar-refractivity contribution in [1.82, 2.24) is 4.98 Å². The monoisotopic (exact) mass is 204 g/mol. The lowest BCUT2D eigenvalue weighted by Gasteiger charge is -2.01. The Hall–Kier alpha value is -1.68. The molecule has 0 aromatic carbocycles. The van der Waals surface area contributed by atoms with Crippen LogP contribution in [0.4, 0.5) is 5.69 Å². The molecule has 0 fully saturated rings. The average Bonchev–Trinajstić information content (AvgIpc) is 2.72. The molecule has 0 saturated carbocycles. The Bertz CT molecular complexity index is 411. The van der Waals surface area contributed by atoms with Crippen LogP contribution in [0.3, 0.4) is 0 Å². The second-order valence-corrected chi connectivity index (χ2v) is 3.48. The maximum Gasteiger partial charge on any atom is 0.256 e. The molecule has 2 aromatic rings. The predicted molar refractivity (Wildman–Crippen MR) is 56.5 cm³/mol. The summed E-state index contributed by atoms with van der Waals surface area (Å²) >= 11 is 1.51. The van der Waals surface area contributed by atoms with Crippen LogP contribution in [0.5, 0.6) is 0 Å². The number of anilines is 1. The lowest BCUT2D eigenvalue weighted by Crippen LogP contribution is -2.10. The number of carbonyl (C=O) groups excluding carboxylic acids is 1. The van der Waals surface area contributed by atoms with Gasteiger partial charge in [0.2, 0.25) is 0 Å². The topological polar surface area (TPSA) is 42.0 Å². The summed E-state index contributed by atoms with van der Waals surface area (Å²) in [6, 6.07) is 5.30. The minimum absolute atomic E-state index is 0.0857. The van der Waals surface area contributed by atoms with Crippen molar-refractivity contribution < 1.29 is 4.79 Å². The zero-order chi connectivity index (χ0) is 9.80. The first-order valence-corrected chi connectivity index (χ1v) is 5.04. The van der Waals surface area contributed by atoms with Gasteiger partial charge in [-0.2, -0.15) is 11.3 Å². The first-order valence-electron chi connectivity index (χ1n) is 4.10. The number of carbonyl (C=O) groups is 1. The van der Waals surface area contributed by atoms with Crippen LogP contribution in [-0.4, -0.2) is 10.9 Å². The average molecular weight is 204 g/mol. The molecule has 0 bridgehead atoms. The largest absolute Gasteiger partial charge is 0.322 e. The molecular weight excluding hydrogens is 196 g/mol. The lowest BCUT2D eigenvalue weighted by atomic mass is 10.3. The standard InChI is InChI=1S/C10H8N2OS/c13-10(8-3-6-14-7-8)12-9-1-4-11-5-2-9/h1-7H,(H,11,12,13). The van der Waals surface area contributed by atoms with Crippen molar-refractivity contribution in [2.24, 2.45) is 0 Å². The minimum atomic E-state index is -0.0857. The van der Waals surface area contributed by atoms with E-state index in [1.807, 2.05) is 10.8 Å². The molecule has 2 heterocycles. The number of amides is 1. The van der Waals surface area contributed by atoms with Crippen molar-refractivity contribution in [2.45, 2.75) is 0 Å². The third kappa shape index (κ3) is 1.97. The highest BCUT2D eigenvalue weighted by molar-refractivity contribution is 7.08. The summed E-state index contributed by atoms with van der Waals surface area (Å²) in [5, 5.41) is 6.46. The Balaban J connectivity index is 2.10. The van der Waals surface area contributed by atoms with Gasteiger partial charge < -0.3 is 5.32 Å². The summed E-state index contributed by atoms with van der Waals surface area (Å²) in [5.74, 6) is -0.0857. The lowest BCUT2D eigenvalue weighted by molar-refractivity contribution is 0.102. The zero-order valence-corrected chi connectivity index (χ0v) is 8.12. The number of pyridine rings is 1. The third-order valence-corrected chi connectivity index (χ3v) is 2.40. The van der Waals surface area contributed by atoms with Crippen LogP contribution in [0.2, 0.25) is 0 Å². The fourth-order valence-corrected chi connectivity index (χ4v) is 1.67. The number of rotatable bonds is 2. The second-order valence-electron chi connectivity index (χ2n) is 2.70. The van der Waals surface area contributed by atoms with Crippen molar-refractivity contribution in [1.29, 1.82) is 0 Å². The molecule has 0 atom stereocenters. The SMILES string of the molecule is O=C(Nc1ccncc1)c1ccsc1. The molecule has 2 rings (SSSR count). The smallest absolute Gasteiger partial charge is 0.256 e. The highest BCUT2D eigenvalue weighted by Gasteiger charge is 2.04. The van der Waals surface area contributed by atoms with E-state index in [9.17, 15) is 4.79 Å². The Morgan fingerprint density at radius 3 is 2.71 bits per heavy atom. The van der Waals surface area contributed by atoms with Crippen LogP contribution in [0.1, 0.15) is 10.4 Å². The summed E-state index contributed by atoms with van der Waals surface area (Å²) < 4.78 is 0. The maximum atomic E-state index is 11.6. The summed E-state index contributed by atoms with van der Waals surface area (Å²) in [7, 11) is 0. The van der Waals surface area contributed by atoms with Gasteiger partial charge in [-0.1, -0.05) is 0 Å². The molecule has 0 saturated heterocycles. The Kier molecular flexibility index (Phi) is 2.55. The molecule has 0 spiro atoms. The molecule has 3 nitrogen and oxygen atoms in total.